The largest absolute Gasteiger partial charge is 0.370 e. The molecule has 0 unspecified atom stereocenters. The van der Waals surface area contributed by atoms with Crippen LogP contribution in [0.4, 0.5) is 0 Å². The lowest BCUT2D eigenvalue weighted by Gasteiger charge is -2.37. The fourth-order valence-corrected chi connectivity index (χ4v) is 1.76. The number of hydrogen-bond donors (Lipinski definition) is 0. The summed E-state index contributed by atoms with van der Waals surface area (Å²) >= 11 is 0. The highest BCUT2D eigenvalue weighted by Crippen LogP contribution is 2.47. The van der Waals surface area contributed by atoms with Gasteiger partial charge in [-0.1, -0.05) is 6.92 Å². The van der Waals surface area contributed by atoms with Gasteiger partial charge in [-0.15, -0.1) is 0 Å². The van der Waals surface area contributed by atoms with E-state index in [4.69, 9.17) is 4.74 Å². The Kier molecular flexibility index (Phi) is 0.826. The Morgan fingerprint density at radius 2 is 2.56 bits per heavy atom. The summed E-state index contributed by atoms with van der Waals surface area (Å²) in [5.41, 5.74) is 0.233. The van der Waals surface area contributed by atoms with E-state index in [1.54, 1.807) is 0 Å². The highest BCUT2D eigenvalue weighted by molar-refractivity contribution is 5.91. The summed E-state index contributed by atoms with van der Waals surface area (Å²) < 4.78 is 5.22. The number of ketones is 1. The number of ether oxygens (including phenoxy) is 1. The minimum absolute atomic E-state index is 0.0301. The van der Waals surface area contributed by atoms with Crippen LogP contribution in [0.5, 0.6) is 0 Å². The summed E-state index contributed by atoms with van der Waals surface area (Å²) in [5, 5.41) is 0. The molecule has 2 atom stereocenters. The number of carbonyl (C=O) groups excluding carboxylic acids is 1. The molecule has 0 radical (unpaired) electrons. The van der Waals surface area contributed by atoms with Crippen molar-refractivity contribution in [2.75, 3.05) is 6.61 Å². The van der Waals surface area contributed by atoms with E-state index in [1.165, 1.54) is 0 Å². The third kappa shape index (κ3) is 0.517. The molecule has 0 aromatic rings. The van der Waals surface area contributed by atoms with Crippen molar-refractivity contribution in [3.8, 4) is 0 Å². The molecule has 9 heavy (non-hydrogen) atoms. The van der Waals surface area contributed by atoms with Gasteiger partial charge in [0.25, 0.3) is 0 Å². The summed E-state index contributed by atoms with van der Waals surface area (Å²) in [6, 6.07) is 0. The van der Waals surface area contributed by atoms with Crippen LogP contribution in [-0.4, -0.2) is 18.5 Å². The van der Waals surface area contributed by atoms with Gasteiger partial charge in [0.2, 0.25) is 0 Å². The van der Waals surface area contributed by atoms with Gasteiger partial charge in [-0.25, -0.2) is 0 Å². The van der Waals surface area contributed by atoms with E-state index in [0.717, 1.165) is 19.4 Å². The SMILES string of the molecule is C[C@@]12CCO[C@@H]1C(=O)C2. The molecule has 2 fully saturated rings. The number of Topliss-reactive ketones (excluding diaryl/α,β-unsaturated/α-hetero) is 1. The molecule has 2 aliphatic rings. The Morgan fingerprint density at radius 3 is 3.00 bits per heavy atom. The van der Waals surface area contributed by atoms with Crippen LogP contribution in [0.1, 0.15) is 19.8 Å². The molecule has 0 aromatic carbocycles. The van der Waals surface area contributed by atoms with Crippen molar-refractivity contribution >= 4 is 5.78 Å². The van der Waals surface area contributed by atoms with Crippen LogP contribution in [-0.2, 0) is 9.53 Å². The molecule has 0 amide bonds. The van der Waals surface area contributed by atoms with Gasteiger partial charge in [-0.05, 0) is 6.42 Å². The minimum Gasteiger partial charge on any atom is -0.370 e. The first-order valence-corrected chi connectivity index (χ1v) is 3.37. The molecule has 0 aromatic heterocycles. The van der Waals surface area contributed by atoms with Crippen LogP contribution in [0.3, 0.4) is 0 Å². The lowest BCUT2D eigenvalue weighted by Crippen LogP contribution is -2.48. The summed E-state index contributed by atoms with van der Waals surface area (Å²) in [6.45, 7) is 2.92. The standard InChI is InChI=1S/C7H10O2/c1-7-2-3-9-6(7)5(8)4-7/h6H,2-4H2,1H3/t6-,7+/m1/s1. The Hall–Kier alpha value is -0.370. The second-order valence-electron chi connectivity index (χ2n) is 3.30. The Balaban J connectivity index is 2.21. The zero-order chi connectivity index (χ0) is 6.48. The molecule has 2 heteroatoms. The summed E-state index contributed by atoms with van der Waals surface area (Å²) in [7, 11) is 0. The molecule has 1 aliphatic carbocycles. The van der Waals surface area contributed by atoms with Gasteiger partial charge in [-0.2, -0.15) is 0 Å². The van der Waals surface area contributed by atoms with Crippen LogP contribution in [0.2, 0.25) is 0 Å². The predicted octanol–water partition coefficient (Wildman–Crippen LogP) is 0.754. The first-order chi connectivity index (χ1) is 4.22. The van der Waals surface area contributed by atoms with Gasteiger partial charge in [0.05, 0.1) is 0 Å². The third-order valence-corrected chi connectivity index (χ3v) is 2.46. The zero-order valence-electron chi connectivity index (χ0n) is 5.52. The van der Waals surface area contributed by atoms with Crippen LogP contribution < -0.4 is 0 Å². The average Bonchev–Trinajstić information content (AvgIpc) is 2.06. The van der Waals surface area contributed by atoms with Gasteiger partial charge in [-0.3, -0.25) is 4.79 Å². The summed E-state index contributed by atoms with van der Waals surface area (Å²) in [6.07, 6.45) is 1.79. The zero-order valence-corrected chi connectivity index (χ0v) is 5.52. The molecule has 1 aliphatic heterocycles. The van der Waals surface area contributed by atoms with Crippen molar-refractivity contribution in [2.24, 2.45) is 5.41 Å². The molecule has 2 nitrogen and oxygen atoms in total. The van der Waals surface area contributed by atoms with Crippen molar-refractivity contribution in [1.82, 2.24) is 0 Å². The molecule has 0 N–H and O–H groups in total. The Morgan fingerprint density at radius 1 is 1.78 bits per heavy atom. The smallest absolute Gasteiger partial charge is 0.162 e. The number of carbonyl (C=O) groups is 1. The van der Waals surface area contributed by atoms with Crippen LogP contribution in [0.25, 0.3) is 0 Å². The Bertz CT molecular complexity index is 164. The number of fused-ring (bicyclic) bond motifs is 1. The summed E-state index contributed by atoms with van der Waals surface area (Å²) in [5.74, 6) is 0.301. The quantitative estimate of drug-likeness (QED) is 0.479. The average molecular weight is 126 g/mol. The van der Waals surface area contributed by atoms with Crippen LogP contribution >= 0.6 is 0 Å². The second kappa shape index (κ2) is 1.37. The third-order valence-electron chi connectivity index (χ3n) is 2.46. The van der Waals surface area contributed by atoms with Gasteiger partial charge >= 0.3 is 0 Å². The molecule has 0 bridgehead atoms. The molecule has 50 valence electrons. The van der Waals surface area contributed by atoms with Crippen molar-refractivity contribution < 1.29 is 9.53 Å². The monoisotopic (exact) mass is 126 g/mol. The Labute approximate surface area is 54.2 Å². The maximum Gasteiger partial charge on any atom is 0.162 e. The number of rotatable bonds is 0. The van der Waals surface area contributed by atoms with Gasteiger partial charge < -0.3 is 4.74 Å². The van der Waals surface area contributed by atoms with Crippen LogP contribution in [0, 0.1) is 5.41 Å². The van der Waals surface area contributed by atoms with E-state index in [1.807, 2.05) is 0 Å². The normalized spacial score (nSPS) is 48.6. The first-order valence-electron chi connectivity index (χ1n) is 3.37. The maximum atomic E-state index is 10.8. The fourth-order valence-electron chi connectivity index (χ4n) is 1.76. The minimum atomic E-state index is -0.0301. The van der Waals surface area contributed by atoms with E-state index in [9.17, 15) is 4.79 Å². The van der Waals surface area contributed by atoms with E-state index in [2.05, 4.69) is 6.92 Å². The van der Waals surface area contributed by atoms with Crippen molar-refractivity contribution in [3.63, 3.8) is 0 Å². The molecule has 1 heterocycles. The lowest BCUT2D eigenvalue weighted by molar-refractivity contribution is -0.146. The topological polar surface area (TPSA) is 26.3 Å². The molecule has 1 saturated heterocycles. The predicted molar refractivity (Wildman–Crippen MR) is 32.1 cm³/mol. The molecule has 2 rings (SSSR count). The van der Waals surface area contributed by atoms with Crippen molar-refractivity contribution in [2.45, 2.75) is 25.9 Å². The van der Waals surface area contributed by atoms with Crippen molar-refractivity contribution in [1.29, 1.82) is 0 Å². The van der Waals surface area contributed by atoms with Gasteiger partial charge in [0.15, 0.2) is 5.78 Å². The highest BCUT2D eigenvalue weighted by Gasteiger charge is 2.54. The van der Waals surface area contributed by atoms with Crippen molar-refractivity contribution in [3.05, 3.63) is 0 Å². The first kappa shape index (κ1) is 5.42. The van der Waals surface area contributed by atoms with Gasteiger partial charge in [0.1, 0.15) is 6.10 Å². The van der Waals surface area contributed by atoms with E-state index >= 15 is 0 Å². The van der Waals surface area contributed by atoms with Gasteiger partial charge in [0, 0.05) is 18.4 Å². The molecule has 1 saturated carbocycles. The van der Waals surface area contributed by atoms with E-state index < -0.39 is 0 Å². The highest BCUT2D eigenvalue weighted by atomic mass is 16.5. The molecule has 0 spiro atoms. The lowest BCUT2D eigenvalue weighted by atomic mass is 9.66. The van der Waals surface area contributed by atoms with Crippen LogP contribution in [0.15, 0.2) is 0 Å². The molecular weight excluding hydrogens is 116 g/mol. The van der Waals surface area contributed by atoms with E-state index in [0.29, 0.717) is 5.78 Å². The fraction of sp³-hybridized carbons (Fsp3) is 0.857. The van der Waals surface area contributed by atoms with E-state index in [-0.39, 0.29) is 11.5 Å². The maximum absolute atomic E-state index is 10.8. The summed E-state index contributed by atoms with van der Waals surface area (Å²) in [4.78, 5) is 10.8. The molecular formula is C7H10O2. The number of hydrogen-bond acceptors (Lipinski definition) is 2. The second-order valence-corrected chi connectivity index (χ2v) is 3.30.